The molecule has 0 heterocycles. The standard InChI is InChI=1S/C26H35F3N6O3/c1-30-15-21(31-2)23(36)33-16-22(32-3)25(38)35-20(13-12-17-8-5-4-6-9-17)24(37)34-19-11-7-10-18(14-19)26(27,28)29/h4-11,14,20-22,30-32H,12-13,15-16H2,1-3H3,(H,33,36)(H,34,37)(H,35,38)/t20-,21+,22-/m0/s1. The summed E-state index contributed by atoms with van der Waals surface area (Å²) in [6.45, 7) is 0.347. The number of hydrogen-bond donors (Lipinski definition) is 6. The molecule has 0 saturated heterocycles. The highest BCUT2D eigenvalue weighted by Crippen LogP contribution is 2.30. The summed E-state index contributed by atoms with van der Waals surface area (Å²) in [5, 5.41) is 16.4. The molecule has 0 unspecified atom stereocenters. The van der Waals surface area contributed by atoms with E-state index in [-0.39, 0.29) is 24.6 Å². The number of carbonyl (C=O) groups is 3. The van der Waals surface area contributed by atoms with Crippen LogP contribution in [0.2, 0.25) is 0 Å². The minimum Gasteiger partial charge on any atom is -0.353 e. The predicted molar refractivity (Wildman–Crippen MR) is 139 cm³/mol. The normalized spacial score (nSPS) is 13.7. The van der Waals surface area contributed by atoms with Crippen LogP contribution in [0.1, 0.15) is 17.5 Å². The molecule has 0 saturated carbocycles. The maximum Gasteiger partial charge on any atom is 0.416 e. The number of amides is 3. The second kappa shape index (κ2) is 15.1. The first-order valence-corrected chi connectivity index (χ1v) is 12.2. The molecule has 0 fully saturated rings. The second-order valence-corrected chi connectivity index (χ2v) is 8.64. The van der Waals surface area contributed by atoms with Crippen LogP contribution in [0.4, 0.5) is 18.9 Å². The molecule has 0 aliphatic rings. The third-order valence-corrected chi connectivity index (χ3v) is 5.87. The van der Waals surface area contributed by atoms with Crippen molar-refractivity contribution in [1.82, 2.24) is 26.6 Å². The Morgan fingerprint density at radius 1 is 0.789 bits per heavy atom. The molecule has 0 aromatic heterocycles. The molecule has 9 nitrogen and oxygen atoms in total. The number of hydrogen-bond acceptors (Lipinski definition) is 6. The Balaban J connectivity index is 2.13. The van der Waals surface area contributed by atoms with E-state index < -0.39 is 41.7 Å². The predicted octanol–water partition coefficient (Wildman–Crippen LogP) is 1.27. The van der Waals surface area contributed by atoms with Gasteiger partial charge in [0.15, 0.2) is 0 Å². The van der Waals surface area contributed by atoms with Gasteiger partial charge in [0.2, 0.25) is 17.7 Å². The Morgan fingerprint density at radius 2 is 1.45 bits per heavy atom. The quantitative estimate of drug-likeness (QED) is 0.216. The van der Waals surface area contributed by atoms with Gasteiger partial charge in [0.05, 0.1) is 11.6 Å². The summed E-state index contributed by atoms with van der Waals surface area (Å²) in [5.41, 5.74) is -0.00755. The van der Waals surface area contributed by atoms with Crippen LogP contribution >= 0.6 is 0 Å². The highest BCUT2D eigenvalue weighted by molar-refractivity contribution is 5.98. The maximum absolute atomic E-state index is 13.1. The van der Waals surface area contributed by atoms with Crippen molar-refractivity contribution in [3.05, 3.63) is 65.7 Å². The van der Waals surface area contributed by atoms with Gasteiger partial charge < -0.3 is 31.9 Å². The van der Waals surface area contributed by atoms with Crippen LogP contribution in [0.5, 0.6) is 0 Å². The third-order valence-electron chi connectivity index (χ3n) is 5.87. The topological polar surface area (TPSA) is 123 Å². The molecule has 38 heavy (non-hydrogen) atoms. The van der Waals surface area contributed by atoms with Gasteiger partial charge in [0, 0.05) is 18.8 Å². The van der Waals surface area contributed by atoms with E-state index in [9.17, 15) is 27.6 Å². The molecule has 2 aromatic rings. The number of likely N-dealkylation sites (N-methyl/N-ethyl adjacent to an activating group) is 3. The first-order valence-electron chi connectivity index (χ1n) is 12.2. The third kappa shape index (κ3) is 9.77. The largest absolute Gasteiger partial charge is 0.416 e. The SMILES string of the molecule is CNC[C@@H](NC)C(=O)NC[C@H](NC)C(=O)N[C@@H](CCc1ccccc1)C(=O)Nc1cccc(C(F)(F)F)c1. The highest BCUT2D eigenvalue weighted by Gasteiger charge is 2.31. The number of rotatable bonds is 14. The molecule has 0 spiro atoms. The molecular weight excluding hydrogens is 501 g/mol. The summed E-state index contributed by atoms with van der Waals surface area (Å²) >= 11 is 0. The Hall–Kier alpha value is -3.48. The Morgan fingerprint density at radius 3 is 2.05 bits per heavy atom. The molecule has 0 radical (unpaired) electrons. The van der Waals surface area contributed by atoms with Crippen molar-refractivity contribution in [2.45, 2.75) is 37.1 Å². The van der Waals surface area contributed by atoms with Crippen LogP contribution in [-0.2, 0) is 27.0 Å². The lowest BCUT2D eigenvalue weighted by molar-refractivity contribution is -0.137. The lowest BCUT2D eigenvalue weighted by Crippen LogP contribution is -2.56. The van der Waals surface area contributed by atoms with E-state index in [4.69, 9.17) is 0 Å². The number of alkyl halides is 3. The molecule has 208 valence electrons. The summed E-state index contributed by atoms with van der Waals surface area (Å²) in [7, 11) is 4.90. The second-order valence-electron chi connectivity index (χ2n) is 8.64. The smallest absolute Gasteiger partial charge is 0.353 e. The molecule has 2 rings (SSSR count). The van der Waals surface area contributed by atoms with Crippen molar-refractivity contribution in [2.75, 3.05) is 39.5 Å². The van der Waals surface area contributed by atoms with Gasteiger partial charge in [-0.2, -0.15) is 13.2 Å². The fraction of sp³-hybridized carbons (Fsp3) is 0.423. The zero-order chi connectivity index (χ0) is 28.1. The molecular formula is C26H35F3N6O3. The lowest BCUT2D eigenvalue weighted by atomic mass is 10.0. The molecule has 6 N–H and O–H groups in total. The Bertz CT molecular complexity index is 1050. The number of aryl methyl sites for hydroxylation is 1. The van der Waals surface area contributed by atoms with Crippen molar-refractivity contribution in [1.29, 1.82) is 0 Å². The van der Waals surface area contributed by atoms with E-state index in [0.717, 1.165) is 17.7 Å². The maximum atomic E-state index is 13.1. The minimum atomic E-state index is -4.56. The van der Waals surface area contributed by atoms with Crippen molar-refractivity contribution >= 4 is 23.4 Å². The Kier molecular flexibility index (Phi) is 12.2. The van der Waals surface area contributed by atoms with Crippen molar-refractivity contribution in [3.8, 4) is 0 Å². The van der Waals surface area contributed by atoms with E-state index in [2.05, 4.69) is 31.9 Å². The molecule has 3 amide bonds. The number of halogens is 3. The van der Waals surface area contributed by atoms with Gasteiger partial charge >= 0.3 is 6.18 Å². The summed E-state index contributed by atoms with van der Waals surface area (Å²) in [6.07, 6.45) is -3.92. The monoisotopic (exact) mass is 536 g/mol. The molecule has 0 aliphatic carbocycles. The van der Waals surface area contributed by atoms with Crippen LogP contribution < -0.4 is 31.9 Å². The number of nitrogens with one attached hydrogen (secondary N) is 6. The fourth-order valence-electron chi connectivity index (χ4n) is 3.68. The molecule has 0 bridgehead atoms. The van der Waals surface area contributed by atoms with E-state index >= 15 is 0 Å². The summed E-state index contributed by atoms with van der Waals surface area (Å²) in [6, 6.07) is 11.2. The van der Waals surface area contributed by atoms with Crippen molar-refractivity contribution < 1.29 is 27.6 Å². The lowest BCUT2D eigenvalue weighted by Gasteiger charge is -2.23. The van der Waals surface area contributed by atoms with Crippen LogP contribution in [0.15, 0.2) is 54.6 Å². The molecule has 12 heteroatoms. The van der Waals surface area contributed by atoms with Crippen LogP contribution in [0.25, 0.3) is 0 Å². The number of benzene rings is 2. The number of anilines is 1. The van der Waals surface area contributed by atoms with Gasteiger partial charge in [-0.15, -0.1) is 0 Å². The van der Waals surface area contributed by atoms with Gasteiger partial charge in [-0.05, 0) is 57.7 Å². The fourth-order valence-corrected chi connectivity index (χ4v) is 3.68. The van der Waals surface area contributed by atoms with Crippen LogP contribution in [-0.4, -0.2) is 70.1 Å². The highest BCUT2D eigenvalue weighted by atomic mass is 19.4. The van der Waals surface area contributed by atoms with Gasteiger partial charge in [0.1, 0.15) is 12.1 Å². The van der Waals surface area contributed by atoms with Gasteiger partial charge in [-0.3, -0.25) is 14.4 Å². The van der Waals surface area contributed by atoms with Crippen molar-refractivity contribution in [3.63, 3.8) is 0 Å². The van der Waals surface area contributed by atoms with E-state index in [1.807, 2.05) is 30.3 Å². The van der Waals surface area contributed by atoms with Crippen LogP contribution in [0, 0.1) is 0 Å². The molecule has 0 aliphatic heterocycles. The zero-order valence-corrected chi connectivity index (χ0v) is 21.6. The molecule has 2 aromatic carbocycles. The van der Waals surface area contributed by atoms with E-state index in [1.54, 1.807) is 21.1 Å². The summed E-state index contributed by atoms with van der Waals surface area (Å²) in [5.74, 6) is -1.51. The summed E-state index contributed by atoms with van der Waals surface area (Å²) in [4.78, 5) is 38.5. The van der Waals surface area contributed by atoms with Gasteiger partial charge in [-0.1, -0.05) is 36.4 Å². The first kappa shape index (κ1) is 30.7. The van der Waals surface area contributed by atoms with E-state index in [0.29, 0.717) is 13.0 Å². The van der Waals surface area contributed by atoms with Crippen LogP contribution in [0.3, 0.4) is 0 Å². The summed E-state index contributed by atoms with van der Waals surface area (Å²) < 4.78 is 39.3. The van der Waals surface area contributed by atoms with Crippen molar-refractivity contribution in [2.24, 2.45) is 0 Å². The van der Waals surface area contributed by atoms with E-state index in [1.165, 1.54) is 12.1 Å². The van der Waals surface area contributed by atoms with Gasteiger partial charge in [0.25, 0.3) is 0 Å². The Labute approximate surface area is 220 Å². The average Bonchev–Trinajstić information content (AvgIpc) is 2.90. The minimum absolute atomic E-state index is 0.0380. The number of carbonyl (C=O) groups excluding carboxylic acids is 3. The van der Waals surface area contributed by atoms with Gasteiger partial charge in [-0.25, -0.2) is 0 Å². The first-order chi connectivity index (χ1) is 18.1. The molecule has 3 atom stereocenters. The average molecular weight is 537 g/mol. The zero-order valence-electron chi connectivity index (χ0n) is 21.6.